The summed E-state index contributed by atoms with van der Waals surface area (Å²) in [5.41, 5.74) is 0.504. The second-order valence-electron chi connectivity index (χ2n) is 3.71. The maximum atomic E-state index is 12.1. The monoisotopic (exact) mass is 254 g/mol. The molecular formula is C12H12F2N2O2. The molecule has 0 aliphatic rings. The minimum atomic E-state index is -2.87. The van der Waals surface area contributed by atoms with Crippen LogP contribution in [0.2, 0.25) is 0 Å². The highest BCUT2D eigenvalue weighted by molar-refractivity contribution is 5.30. The van der Waals surface area contributed by atoms with Crippen molar-refractivity contribution < 1.29 is 18.6 Å². The quantitative estimate of drug-likeness (QED) is 0.860. The van der Waals surface area contributed by atoms with Crippen LogP contribution in [0.15, 0.2) is 36.7 Å². The SMILES string of the molecule is OC(Cc1ncc[nH]1)c1cccc(OC(F)F)c1. The molecule has 4 nitrogen and oxygen atoms in total. The van der Waals surface area contributed by atoms with Gasteiger partial charge in [0.25, 0.3) is 0 Å². The number of ether oxygens (including phenoxy) is 1. The molecule has 0 amide bonds. The lowest BCUT2D eigenvalue weighted by Gasteiger charge is -2.11. The number of rotatable bonds is 5. The Kier molecular flexibility index (Phi) is 3.88. The van der Waals surface area contributed by atoms with Crippen LogP contribution in [-0.4, -0.2) is 21.7 Å². The maximum Gasteiger partial charge on any atom is 0.387 e. The van der Waals surface area contributed by atoms with E-state index in [-0.39, 0.29) is 12.2 Å². The number of hydrogen-bond acceptors (Lipinski definition) is 3. The second-order valence-corrected chi connectivity index (χ2v) is 3.71. The molecule has 2 N–H and O–H groups in total. The van der Waals surface area contributed by atoms with Crippen molar-refractivity contribution in [2.75, 3.05) is 0 Å². The summed E-state index contributed by atoms with van der Waals surface area (Å²) >= 11 is 0. The molecule has 2 aromatic rings. The molecule has 0 spiro atoms. The van der Waals surface area contributed by atoms with Crippen molar-refractivity contribution in [2.24, 2.45) is 0 Å². The number of nitrogens with zero attached hydrogens (tertiary/aromatic N) is 1. The summed E-state index contributed by atoms with van der Waals surface area (Å²) in [4.78, 5) is 6.85. The van der Waals surface area contributed by atoms with Crippen molar-refractivity contribution in [2.45, 2.75) is 19.1 Å². The Balaban J connectivity index is 2.07. The van der Waals surface area contributed by atoms with Crippen LogP contribution < -0.4 is 4.74 Å². The lowest BCUT2D eigenvalue weighted by molar-refractivity contribution is -0.0499. The summed E-state index contributed by atoms with van der Waals surface area (Å²) in [7, 11) is 0. The Morgan fingerprint density at radius 1 is 1.39 bits per heavy atom. The molecule has 0 saturated heterocycles. The minimum Gasteiger partial charge on any atom is -0.435 e. The van der Waals surface area contributed by atoms with Crippen molar-refractivity contribution in [1.82, 2.24) is 9.97 Å². The van der Waals surface area contributed by atoms with Crippen LogP contribution in [0.4, 0.5) is 8.78 Å². The third-order valence-corrected chi connectivity index (χ3v) is 2.41. The molecule has 18 heavy (non-hydrogen) atoms. The van der Waals surface area contributed by atoms with Gasteiger partial charge in [-0.3, -0.25) is 0 Å². The fourth-order valence-electron chi connectivity index (χ4n) is 1.61. The fraction of sp³-hybridized carbons (Fsp3) is 0.250. The fourth-order valence-corrected chi connectivity index (χ4v) is 1.61. The third-order valence-electron chi connectivity index (χ3n) is 2.41. The Labute approximate surface area is 102 Å². The summed E-state index contributed by atoms with van der Waals surface area (Å²) in [6, 6.07) is 6.00. The number of aromatic amines is 1. The lowest BCUT2D eigenvalue weighted by atomic mass is 10.1. The van der Waals surface area contributed by atoms with Gasteiger partial charge in [-0.25, -0.2) is 4.98 Å². The maximum absolute atomic E-state index is 12.1. The molecular weight excluding hydrogens is 242 g/mol. The first-order chi connectivity index (χ1) is 8.65. The summed E-state index contributed by atoms with van der Waals surface area (Å²) in [5.74, 6) is 0.656. The molecule has 1 aromatic carbocycles. The van der Waals surface area contributed by atoms with E-state index in [9.17, 15) is 13.9 Å². The van der Waals surface area contributed by atoms with Crippen molar-refractivity contribution >= 4 is 0 Å². The standard InChI is InChI=1S/C12H12F2N2O2/c13-12(14)18-9-3-1-2-8(6-9)10(17)7-11-15-4-5-16-11/h1-6,10,12,17H,7H2,(H,15,16). The van der Waals surface area contributed by atoms with Gasteiger partial charge in [0.2, 0.25) is 0 Å². The number of aliphatic hydroxyl groups excluding tert-OH is 1. The van der Waals surface area contributed by atoms with Crippen molar-refractivity contribution in [1.29, 1.82) is 0 Å². The van der Waals surface area contributed by atoms with E-state index in [1.54, 1.807) is 24.5 Å². The number of benzene rings is 1. The molecule has 0 fully saturated rings. The Hall–Kier alpha value is -1.95. The average Bonchev–Trinajstić information content (AvgIpc) is 2.81. The average molecular weight is 254 g/mol. The van der Waals surface area contributed by atoms with Crippen LogP contribution in [0.25, 0.3) is 0 Å². The van der Waals surface area contributed by atoms with Crippen molar-refractivity contribution in [3.63, 3.8) is 0 Å². The zero-order valence-electron chi connectivity index (χ0n) is 9.38. The predicted molar refractivity (Wildman–Crippen MR) is 60.3 cm³/mol. The number of aromatic nitrogens is 2. The third kappa shape index (κ3) is 3.27. The predicted octanol–water partition coefficient (Wildman–Crippen LogP) is 2.29. The number of alkyl halides is 2. The van der Waals surface area contributed by atoms with Gasteiger partial charge in [-0.15, -0.1) is 0 Å². The van der Waals surface area contributed by atoms with Crippen LogP contribution >= 0.6 is 0 Å². The molecule has 0 bridgehead atoms. The molecule has 2 rings (SSSR count). The van der Waals surface area contributed by atoms with Crippen LogP contribution in [-0.2, 0) is 6.42 Å². The molecule has 0 aliphatic carbocycles. The van der Waals surface area contributed by atoms with Crippen LogP contribution in [0.5, 0.6) is 5.75 Å². The van der Waals surface area contributed by atoms with E-state index in [0.29, 0.717) is 11.4 Å². The minimum absolute atomic E-state index is 0.0287. The summed E-state index contributed by atoms with van der Waals surface area (Å²) in [6.45, 7) is -2.87. The molecule has 1 unspecified atom stereocenters. The molecule has 6 heteroatoms. The number of aliphatic hydroxyl groups is 1. The molecule has 0 aliphatic heterocycles. The topological polar surface area (TPSA) is 58.1 Å². The van der Waals surface area contributed by atoms with Gasteiger partial charge in [0.05, 0.1) is 6.10 Å². The van der Waals surface area contributed by atoms with Gasteiger partial charge >= 0.3 is 6.61 Å². The second kappa shape index (κ2) is 5.59. The molecule has 1 heterocycles. The summed E-state index contributed by atoms with van der Waals surface area (Å²) in [6.07, 6.45) is 2.69. The highest BCUT2D eigenvalue weighted by atomic mass is 19.3. The van der Waals surface area contributed by atoms with E-state index < -0.39 is 12.7 Å². The van der Waals surface area contributed by atoms with Crippen LogP contribution in [0, 0.1) is 0 Å². The molecule has 96 valence electrons. The zero-order valence-corrected chi connectivity index (χ0v) is 9.38. The van der Waals surface area contributed by atoms with Gasteiger partial charge in [0, 0.05) is 18.8 Å². The van der Waals surface area contributed by atoms with E-state index in [0.717, 1.165) is 0 Å². The smallest absolute Gasteiger partial charge is 0.387 e. The zero-order chi connectivity index (χ0) is 13.0. The van der Waals surface area contributed by atoms with Gasteiger partial charge < -0.3 is 14.8 Å². The largest absolute Gasteiger partial charge is 0.435 e. The summed E-state index contributed by atoms with van der Waals surface area (Å²) in [5, 5.41) is 9.95. The number of halogens is 2. The first-order valence-electron chi connectivity index (χ1n) is 5.36. The molecule has 1 aromatic heterocycles. The van der Waals surface area contributed by atoms with Gasteiger partial charge in [-0.1, -0.05) is 12.1 Å². The van der Waals surface area contributed by atoms with Crippen molar-refractivity contribution in [3.05, 3.63) is 48.0 Å². The lowest BCUT2D eigenvalue weighted by Crippen LogP contribution is -2.05. The van der Waals surface area contributed by atoms with Gasteiger partial charge in [-0.05, 0) is 17.7 Å². The van der Waals surface area contributed by atoms with Gasteiger partial charge in [0.15, 0.2) is 0 Å². The van der Waals surface area contributed by atoms with Gasteiger partial charge in [0.1, 0.15) is 11.6 Å². The first-order valence-corrected chi connectivity index (χ1v) is 5.36. The number of H-pyrrole nitrogens is 1. The highest BCUT2D eigenvalue weighted by Crippen LogP contribution is 2.22. The number of imidazole rings is 1. The Bertz CT molecular complexity index is 489. The van der Waals surface area contributed by atoms with Crippen molar-refractivity contribution in [3.8, 4) is 5.75 Å². The van der Waals surface area contributed by atoms with Crippen LogP contribution in [0.3, 0.4) is 0 Å². The highest BCUT2D eigenvalue weighted by Gasteiger charge is 2.12. The summed E-state index contributed by atoms with van der Waals surface area (Å²) < 4.78 is 28.4. The molecule has 0 radical (unpaired) electrons. The number of nitrogens with one attached hydrogen (secondary N) is 1. The van der Waals surface area contributed by atoms with E-state index in [4.69, 9.17) is 0 Å². The molecule has 0 saturated carbocycles. The first kappa shape index (κ1) is 12.5. The van der Waals surface area contributed by atoms with Gasteiger partial charge in [-0.2, -0.15) is 8.78 Å². The van der Waals surface area contributed by atoms with E-state index in [1.165, 1.54) is 12.1 Å². The van der Waals surface area contributed by atoms with E-state index in [2.05, 4.69) is 14.7 Å². The Morgan fingerprint density at radius 3 is 2.89 bits per heavy atom. The van der Waals surface area contributed by atoms with E-state index in [1.807, 2.05) is 0 Å². The molecule has 1 atom stereocenters. The Morgan fingerprint density at radius 2 is 2.22 bits per heavy atom. The van der Waals surface area contributed by atoms with Crippen LogP contribution in [0.1, 0.15) is 17.5 Å². The van der Waals surface area contributed by atoms with E-state index >= 15 is 0 Å². The normalized spacial score (nSPS) is 12.7. The number of hydrogen-bond donors (Lipinski definition) is 2.